The topological polar surface area (TPSA) is 59.8 Å². The summed E-state index contributed by atoms with van der Waals surface area (Å²) in [7, 11) is 0. The van der Waals surface area contributed by atoms with Crippen LogP contribution in [0.15, 0.2) is 72.4 Å². The van der Waals surface area contributed by atoms with Crippen molar-refractivity contribution in [1.29, 1.82) is 0 Å². The Bertz CT molecular complexity index is 980. The summed E-state index contributed by atoms with van der Waals surface area (Å²) in [6.07, 6.45) is 1.83. The number of aryl methyl sites for hydroxylation is 1. The van der Waals surface area contributed by atoms with Gasteiger partial charge in [0, 0.05) is 17.9 Å². The molecular weight excluding hydrogens is 392 g/mol. The number of thioether (sulfide) groups is 1. The van der Waals surface area contributed by atoms with E-state index in [1.165, 1.54) is 11.1 Å². The molecule has 0 aliphatic rings. The van der Waals surface area contributed by atoms with Gasteiger partial charge in [0.15, 0.2) is 11.0 Å². The highest BCUT2D eigenvalue weighted by molar-refractivity contribution is 7.98. The molecule has 1 amide bonds. The maximum atomic E-state index is 12.8. The van der Waals surface area contributed by atoms with Gasteiger partial charge in [-0.15, -0.1) is 16.8 Å². The van der Waals surface area contributed by atoms with E-state index >= 15 is 0 Å². The molecule has 1 aromatic heterocycles. The summed E-state index contributed by atoms with van der Waals surface area (Å²) in [6, 6.07) is 17.5. The maximum absolute atomic E-state index is 12.8. The molecule has 0 saturated carbocycles. The summed E-state index contributed by atoms with van der Waals surface area (Å²) in [4.78, 5) is 12.8. The Morgan fingerprint density at radius 3 is 2.47 bits per heavy atom. The summed E-state index contributed by atoms with van der Waals surface area (Å²) >= 11 is 1.64. The van der Waals surface area contributed by atoms with Crippen LogP contribution in [0.2, 0.25) is 0 Å². The highest BCUT2D eigenvalue weighted by Crippen LogP contribution is 2.27. The van der Waals surface area contributed by atoms with Gasteiger partial charge in [-0.1, -0.05) is 79.7 Å². The molecule has 3 aromatic rings. The minimum atomic E-state index is -0.251. The fourth-order valence-corrected chi connectivity index (χ4v) is 4.02. The van der Waals surface area contributed by atoms with E-state index in [0.717, 1.165) is 16.7 Å². The molecule has 0 aliphatic heterocycles. The lowest BCUT2D eigenvalue weighted by Gasteiger charge is -2.22. The number of amides is 1. The van der Waals surface area contributed by atoms with Crippen LogP contribution in [0.3, 0.4) is 0 Å². The molecule has 1 atom stereocenters. The quantitative estimate of drug-likeness (QED) is 0.382. The highest BCUT2D eigenvalue weighted by Gasteiger charge is 2.26. The lowest BCUT2D eigenvalue weighted by Crippen LogP contribution is -2.33. The first-order valence-corrected chi connectivity index (χ1v) is 11.1. The molecule has 1 N–H and O–H groups in total. The van der Waals surface area contributed by atoms with Crippen LogP contribution < -0.4 is 5.32 Å². The van der Waals surface area contributed by atoms with Gasteiger partial charge in [-0.2, -0.15) is 0 Å². The van der Waals surface area contributed by atoms with Crippen molar-refractivity contribution < 1.29 is 4.79 Å². The Kier molecular flexibility index (Phi) is 7.46. The zero-order valence-corrected chi connectivity index (χ0v) is 18.5. The summed E-state index contributed by atoms with van der Waals surface area (Å²) in [5.74, 6) is 1.59. The van der Waals surface area contributed by atoms with Gasteiger partial charge in [-0.25, -0.2) is 0 Å². The zero-order chi connectivity index (χ0) is 21.5. The predicted octanol–water partition coefficient (Wildman–Crippen LogP) is 5.19. The number of hydrogen-bond donors (Lipinski definition) is 1. The number of nitrogens with zero attached hydrogens (tertiary/aromatic N) is 3. The molecular formula is C24H28N4OS. The summed E-state index contributed by atoms with van der Waals surface area (Å²) in [6.45, 7) is 10.7. The Balaban J connectivity index is 1.82. The molecule has 0 saturated heterocycles. The molecule has 2 aromatic carbocycles. The maximum Gasteiger partial charge on any atom is 0.251 e. The molecule has 5 nitrogen and oxygen atoms in total. The van der Waals surface area contributed by atoms with Crippen LogP contribution >= 0.6 is 11.8 Å². The second kappa shape index (κ2) is 10.3. The van der Waals surface area contributed by atoms with Crippen molar-refractivity contribution in [2.75, 3.05) is 0 Å². The second-order valence-corrected chi connectivity index (χ2v) is 8.52. The number of hydrogen-bond acceptors (Lipinski definition) is 4. The SMILES string of the molecule is C=CCn1c(SCc2ccc(C)cc2)nnc1[C@H](NC(=O)c1ccccc1)C(C)C. The first-order valence-electron chi connectivity index (χ1n) is 10.1. The number of aromatic nitrogens is 3. The molecule has 0 spiro atoms. The molecule has 0 bridgehead atoms. The zero-order valence-electron chi connectivity index (χ0n) is 17.7. The highest BCUT2D eigenvalue weighted by atomic mass is 32.2. The van der Waals surface area contributed by atoms with Crippen molar-refractivity contribution in [3.8, 4) is 0 Å². The first kappa shape index (κ1) is 21.8. The fraction of sp³-hybridized carbons (Fsp3) is 0.292. The van der Waals surface area contributed by atoms with E-state index in [1.54, 1.807) is 11.8 Å². The molecule has 30 heavy (non-hydrogen) atoms. The van der Waals surface area contributed by atoms with Crippen molar-refractivity contribution in [3.63, 3.8) is 0 Å². The Labute approximate surface area is 182 Å². The van der Waals surface area contributed by atoms with Crippen LogP contribution in [0.4, 0.5) is 0 Å². The molecule has 0 fully saturated rings. The number of rotatable bonds is 9. The van der Waals surface area contributed by atoms with Crippen LogP contribution in [0, 0.1) is 12.8 Å². The molecule has 3 rings (SSSR count). The average Bonchev–Trinajstić information content (AvgIpc) is 3.14. The van der Waals surface area contributed by atoms with Crippen molar-refractivity contribution in [3.05, 3.63) is 89.8 Å². The summed E-state index contributed by atoms with van der Waals surface area (Å²) < 4.78 is 2.04. The Morgan fingerprint density at radius 2 is 1.83 bits per heavy atom. The van der Waals surface area contributed by atoms with Gasteiger partial charge in [0.25, 0.3) is 5.91 Å². The van der Waals surface area contributed by atoms with Crippen molar-refractivity contribution >= 4 is 17.7 Å². The van der Waals surface area contributed by atoms with Gasteiger partial charge < -0.3 is 9.88 Å². The third-order valence-electron chi connectivity index (χ3n) is 4.81. The number of benzene rings is 2. The van der Waals surface area contributed by atoms with Crippen LogP contribution in [0.5, 0.6) is 0 Å². The van der Waals surface area contributed by atoms with Crippen LogP contribution in [-0.4, -0.2) is 20.7 Å². The van der Waals surface area contributed by atoms with Crippen molar-refractivity contribution in [1.82, 2.24) is 20.1 Å². The van der Waals surface area contributed by atoms with Crippen LogP contribution in [0.25, 0.3) is 0 Å². The Hall–Kier alpha value is -2.86. The molecule has 0 radical (unpaired) electrons. The van der Waals surface area contributed by atoms with Gasteiger partial charge >= 0.3 is 0 Å². The summed E-state index contributed by atoms with van der Waals surface area (Å²) in [5.41, 5.74) is 3.11. The molecule has 1 heterocycles. The van der Waals surface area contributed by atoms with Crippen molar-refractivity contribution in [2.24, 2.45) is 5.92 Å². The molecule has 0 unspecified atom stereocenters. The van der Waals surface area contributed by atoms with E-state index in [-0.39, 0.29) is 17.9 Å². The van der Waals surface area contributed by atoms with Crippen LogP contribution in [0.1, 0.15) is 47.2 Å². The predicted molar refractivity (Wildman–Crippen MR) is 122 cm³/mol. The smallest absolute Gasteiger partial charge is 0.251 e. The number of carbonyl (C=O) groups is 1. The van der Waals surface area contributed by atoms with Gasteiger partial charge in [0.2, 0.25) is 0 Å². The average molecular weight is 421 g/mol. The van der Waals surface area contributed by atoms with Crippen molar-refractivity contribution in [2.45, 2.75) is 44.3 Å². The Morgan fingerprint density at radius 1 is 1.13 bits per heavy atom. The van der Waals surface area contributed by atoms with Gasteiger partial charge in [-0.3, -0.25) is 4.79 Å². The third-order valence-corrected chi connectivity index (χ3v) is 5.85. The van der Waals surface area contributed by atoms with E-state index < -0.39 is 0 Å². The van der Waals surface area contributed by atoms with Crippen LogP contribution in [-0.2, 0) is 12.3 Å². The van der Waals surface area contributed by atoms with E-state index in [1.807, 2.05) is 41.0 Å². The standard InChI is InChI=1S/C24H28N4OS/c1-5-15-28-22(21(17(2)3)25-23(29)20-9-7-6-8-10-20)26-27-24(28)30-16-19-13-11-18(4)12-14-19/h5-14,17,21H,1,15-16H2,2-4H3,(H,25,29)/t21-/m1/s1. The van der Waals surface area contributed by atoms with Gasteiger partial charge in [-0.05, 0) is 30.5 Å². The molecule has 0 aliphatic carbocycles. The lowest BCUT2D eigenvalue weighted by atomic mass is 10.0. The molecule has 156 valence electrons. The molecule has 6 heteroatoms. The minimum absolute atomic E-state index is 0.115. The second-order valence-electron chi connectivity index (χ2n) is 7.58. The normalized spacial score (nSPS) is 12.0. The lowest BCUT2D eigenvalue weighted by molar-refractivity contribution is 0.0922. The monoisotopic (exact) mass is 420 g/mol. The van der Waals surface area contributed by atoms with E-state index in [0.29, 0.717) is 12.1 Å². The largest absolute Gasteiger partial charge is 0.342 e. The van der Waals surface area contributed by atoms with E-state index in [9.17, 15) is 4.79 Å². The number of allylic oxidation sites excluding steroid dienone is 1. The number of carbonyl (C=O) groups excluding carboxylic acids is 1. The van der Waals surface area contributed by atoms with Gasteiger partial charge in [0.05, 0.1) is 6.04 Å². The number of nitrogens with one attached hydrogen (secondary N) is 1. The third kappa shape index (κ3) is 5.39. The van der Waals surface area contributed by atoms with Gasteiger partial charge in [0.1, 0.15) is 0 Å². The fourth-order valence-electron chi connectivity index (χ4n) is 3.11. The van der Waals surface area contributed by atoms with E-state index in [4.69, 9.17) is 0 Å². The van der Waals surface area contributed by atoms with E-state index in [2.05, 4.69) is 67.1 Å². The minimum Gasteiger partial charge on any atom is -0.342 e. The first-order chi connectivity index (χ1) is 14.5. The summed E-state index contributed by atoms with van der Waals surface area (Å²) in [5, 5.41) is 12.8.